The maximum atomic E-state index is 12.0. The Labute approximate surface area is 117 Å². The first kappa shape index (κ1) is 12.5. The first-order chi connectivity index (χ1) is 9.74. The van der Waals surface area contributed by atoms with Gasteiger partial charge >= 0.3 is 6.03 Å². The van der Waals surface area contributed by atoms with Crippen LogP contribution in [0.25, 0.3) is 0 Å². The Morgan fingerprint density at radius 2 is 1.95 bits per heavy atom. The van der Waals surface area contributed by atoms with Crippen molar-refractivity contribution in [2.45, 2.75) is 13.0 Å². The van der Waals surface area contributed by atoms with Crippen LogP contribution in [-0.2, 0) is 0 Å². The van der Waals surface area contributed by atoms with E-state index in [1.54, 1.807) is 6.20 Å². The van der Waals surface area contributed by atoms with Crippen LogP contribution >= 0.6 is 0 Å². The summed E-state index contributed by atoms with van der Waals surface area (Å²) in [5.74, 6) is 0.822. The number of benzene rings is 1. The molecule has 1 aliphatic heterocycles. The molecule has 1 atom stereocenters. The molecule has 0 aliphatic carbocycles. The van der Waals surface area contributed by atoms with Gasteiger partial charge in [-0.3, -0.25) is 0 Å². The highest BCUT2D eigenvalue weighted by molar-refractivity contribution is 6.01. The normalized spacial score (nSPS) is 16.6. The van der Waals surface area contributed by atoms with E-state index in [-0.39, 0.29) is 6.03 Å². The van der Waals surface area contributed by atoms with Crippen molar-refractivity contribution < 1.29 is 4.79 Å². The molecule has 3 rings (SSSR count). The van der Waals surface area contributed by atoms with E-state index in [2.05, 4.69) is 27.4 Å². The number of rotatable bonds is 3. The van der Waals surface area contributed by atoms with Gasteiger partial charge in [0.25, 0.3) is 0 Å². The number of hydrogen-bond acceptors (Lipinski definition) is 3. The van der Waals surface area contributed by atoms with Gasteiger partial charge in [0.1, 0.15) is 0 Å². The van der Waals surface area contributed by atoms with E-state index >= 15 is 0 Å². The van der Waals surface area contributed by atoms with Crippen LogP contribution < -0.4 is 15.5 Å². The number of pyridine rings is 1. The van der Waals surface area contributed by atoms with Crippen LogP contribution in [0.3, 0.4) is 0 Å². The number of para-hydroxylation sites is 1. The lowest BCUT2D eigenvalue weighted by Crippen LogP contribution is -2.20. The van der Waals surface area contributed by atoms with E-state index < -0.39 is 0 Å². The molecule has 20 heavy (non-hydrogen) atoms. The Bertz CT molecular complexity index is 614. The number of hydrogen-bond donors (Lipinski definition) is 2. The summed E-state index contributed by atoms with van der Waals surface area (Å²) in [4.78, 5) is 18.5. The van der Waals surface area contributed by atoms with Gasteiger partial charge in [0.2, 0.25) is 0 Å². The highest BCUT2D eigenvalue weighted by atomic mass is 16.2. The van der Waals surface area contributed by atoms with Crippen molar-refractivity contribution >= 4 is 23.2 Å². The molecule has 1 saturated heterocycles. The minimum Gasteiger partial charge on any atom is -0.348 e. The lowest BCUT2D eigenvalue weighted by atomic mass is 10.3. The van der Waals surface area contributed by atoms with Gasteiger partial charge in [0, 0.05) is 24.5 Å². The van der Waals surface area contributed by atoms with Crippen molar-refractivity contribution in [3.05, 3.63) is 48.7 Å². The van der Waals surface area contributed by atoms with Crippen LogP contribution in [0.1, 0.15) is 6.92 Å². The summed E-state index contributed by atoms with van der Waals surface area (Å²) in [5.41, 5.74) is 1.49. The van der Waals surface area contributed by atoms with Gasteiger partial charge in [0.15, 0.2) is 5.82 Å². The largest absolute Gasteiger partial charge is 0.348 e. The molecular weight excluding hydrogens is 252 g/mol. The van der Waals surface area contributed by atoms with E-state index in [0.717, 1.165) is 23.7 Å². The zero-order chi connectivity index (χ0) is 13.9. The third-order valence-electron chi connectivity index (χ3n) is 3.20. The second-order valence-corrected chi connectivity index (χ2v) is 4.82. The average molecular weight is 268 g/mol. The van der Waals surface area contributed by atoms with Crippen LogP contribution in [-0.4, -0.2) is 23.6 Å². The molecule has 2 amide bonds. The molecule has 0 radical (unpaired) electrons. The minimum absolute atomic E-state index is 0.264. The summed E-state index contributed by atoms with van der Waals surface area (Å²) in [5, 5.41) is 5.64. The molecule has 2 N–H and O–H groups in total. The number of nitrogens with zero attached hydrogens (tertiary/aromatic N) is 2. The van der Waals surface area contributed by atoms with Crippen LogP contribution in [0.4, 0.5) is 22.0 Å². The van der Waals surface area contributed by atoms with E-state index in [4.69, 9.17) is 0 Å². The topological polar surface area (TPSA) is 57.0 Å². The summed E-state index contributed by atoms with van der Waals surface area (Å²) in [6, 6.07) is 13.2. The third kappa shape index (κ3) is 2.71. The Hall–Kier alpha value is -2.56. The molecule has 5 heteroatoms. The number of carbonyl (C=O) groups is 1. The van der Waals surface area contributed by atoms with Crippen LogP contribution in [0.2, 0.25) is 0 Å². The summed E-state index contributed by atoms with van der Waals surface area (Å²) in [6.45, 7) is 3.11. The van der Waals surface area contributed by atoms with E-state index in [1.165, 1.54) is 0 Å². The minimum atomic E-state index is -0.264. The molecule has 0 spiro atoms. The SMILES string of the molecule is CC1CN1c1ncccc1NC(=O)Nc1ccccc1. The number of urea groups is 1. The fourth-order valence-corrected chi connectivity index (χ4v) is 2.06. The van der Waals surface area contributed by atoms with Gasteiger partial charge in [-0.2, -0.15) is 0 Å². The average Bonchev–Trinajstić information content (AvgIpc) is 3.17. The second-order valence-electron chi connectivity index (χ2n) is 4.82. The quantitative estimate of drug-likeness (QED) is 0.841. The molecule has 0 bridgehead atoms. The van der Waals surface area contributed by atoms with Crippen LogP contribution in [0.5, 0.6) is 0 Å². The molecule has 2 aromatic rings. The molecule has 1 aliphatic rings. The molecule has 1 aromatic carbocycles. The van der Waals surface area contributed by atoms with Crippen molar-refractivity contribution in [2.75, 3.05) is 22.1 Å². The zero-order valence-corrected chi connectivity index (χ0v) is 11.2. The number of carbonyl (C=O) groups excluding carboxylic acids is 1. The third-order valence-corrected chi connectivity index (χ3v) is 3.20. The lowest BCUT2D eigenvalue weighted by Gasteiger charge is -2.12. The summed E-state index contributed by atoms with van der Waals surface area (Å²) in [7, 11) is 0. The Morgan fingerprint density at radius 3 is 2.65 bits per heavy atom. The number of anilines is 3. The monoisotopic (exact) mass is 268 g/mol. The van der Waals surface area contributed by atoms with Crippen molar-refractivity contribution in [3.8, 4) is 0 Å². The summed E-state index contributed by atoms with van der Waals surface area (Å²) < 4.78 is 0. The van der Waals surface area contributed by atoms with Gasteiger partial charge in [0.05, 0.1) is 5.69 Å². The lowest BCUT2D eigenvalue weighted by molar-refractivity contribution is 0.262. The zero-order valence-electron chi connectivity index (χ0n) is 11.2. The second kappa shape index (κ2) is 5.21. The van der Waals surface area contributed by atoms with Crippen LogP contribution in [0, 0.1) is 0 Å². The standard InChI is InChI=1S/C15H16N4O/c1-11-10-19(11)14-13(8-5-9-16-14)18-15(20)17-12-6-3-2-4-7-12/h2-9,11H,10H2,1H3,(H2,17,18,20). The molecule has 102 valence electrons. The first-order valence-corrected chi connectivity index (χ1v) is 6.59. The van der Waals surface area contributed by atoms with Crippen LogP contribution in [0.15, 0.2) is 48.7 Å². The smallest absolute Gasteiger partial charge is 0.323 e. The predicted molar refractivity (Wildman–Crippen MR) is 80.1 cm³/mol. The van der Waals surface area contributed by atoms with Gasteiger partial charge in [-0.25, -0.2) is 9.78 Å². The molecular formula is C15H16N4O. The van der Waals surface area contributed by atoms with Crippen molar-refractivity contribution in [2.24, 2.45) is 0 Å². The maximum Gasteiger partial charge on any atom is 0.323 e. The summed E-state index contributed by atoms with van der Waals surface area (Å²) >= 11 is 0. The van der Waals surface area contributed by atoms with Gasteiger partial charge in [-0.15, -0.1) is 0 Å². The fourth-order valence-electron chi connectivity index (χ4n) is 2.06. The summed E-state index contributed by atoms with van der Waals surface area (Å²) in [6.07, 6.45) is 1.74. The van der Waals surface area contributed by atoms with Gasteiger partial charge in [-0.1, -0.05) is 18.2 Å². The van der Waals surface area contributed by atoms with Crippen molar-refractivity contribution in [1.82, 2.24) is 4.98 Å². The Morgan fingerprint density at radius 1 is 1.20 bits per heavy atom. The predicted octanol–water partition coefficient (Wildman–Crippen LogP) is 2.93. The number of amides is 2. The van der Waals surface area contributed by atoms with Crippen molar-refractivity contribution in [3.63, 3.8) is 0 Å². The first-order valence-electron chi connectivity index (χ1n) is 6.59. The van der Waals surface area contributed by atoms with Gasteiger partial charge < -0.3 is 15.5 Å². The Balaban J connectivity index is 1.70. The van der Waals surface area contributed by atoms with E-state index in [9.17, 15) is 4.79 Å². The highest BCUT2D eigenvalue weighted by Gasteiger charge is 2.32. The Kier molecular flexibility index (Phi) is 3.25. The van der Waals surface area contributed by atoms with E-state index in [1.807, 2.05) is 42.5 Å². The molecule has 0 saturated carbocycles. The molecule has 5 nitrogen and oxygen atoms in total. The molecule has 2 heterocycles. The molecule has 1 unspecified atom stereocenters. The highest BCUT2D eigenvalue weighted by Crippen LogP contribution is 2.31. The van der Waals surface area contributed by atoms with Gasteiger partial charge in [-0.05, 0) is 31.2 Å². The number of nitrogens with one attached hydrogen (secondary N) is 2. The maximum absolute atomic E-state index is 12.0. The molecule has 1 aromatic heterocycles. The number of aromatic nitrogens is 1. The fraction of sp³-hybridized carbons (Fsp3) is 0.200. The molecule has 1 fully saturated rings. The van der Waals surface area contributed by atoms with Crippen molar-refractivity contribution in [1.29, 1.82) is 0 Å². The van der Waals surface area contributed by atoms with E-state index in [0.29, 0.717) is 6.04 Å².